The molecule has 0 saturated heterocycles. The normalized spacial score (nSPS) is 11.5. The lowest BCUT2D eigenvalue weighted by molar-refractivity contribution is 0.591. The zero-order valence-corrected chi connectivity index (χ0v) is 11.4. The van der Waals surface area contributed by atoms with Crippen LogP contribution in [0, 0.1) is 13.8 Å². The number of nitrogens with zero attached hydrogens (tertiary/aromatic N) is 1. The molecule has 96 valence electrons. The number of hydrogen-bond donors (Lipinski definition) is 1. The Morgan fingerprint density at radius 1 is 1.29 bits per heavy atom. The van der Waals surface area contributed by atoms with E-state index in [0.717, 1.165) is 16.8 Å². The lowest BCUT2D eigenvalue weighted by Crippen LogP contribution is -2.35. The molecule has 0 fully saturated rings. The second-order valence-electron chi connectivity index (χ2n) is 4.06. The summed E-state index contributed by atoms with van der Waals surface area (Å²) in [5, 5.41) is 0. The summed E-state index contributed by atoms with van der Waals surface area (Å²) < 4.78 is 25.6. The van der Waals surface area contributed by atoms with Crippen LogP contribution in [0.4, 0.5) is 5.69 Å². The number of hydrogen-bond acceptors (Lipinski definition) is 3. The van der Waals surface area contributed by atoms with Gasteiger partial charge in [-0.3, -0.25) is 4.31 Å². The smallest absolute Gasteiger partial charge is 0.236 e. The average Bonchev–Trinajstić information content (AvgIpc) is 2.23. The maximum atomic E-state index is 12.1. The molecule has 1 aromatic carbocycles. The minimum atomic E-state index is -3.31. The van der Waals surface area contributed by atoms with Crippen LogP contribution in [-0.2, 0) is 10.0 Å². The molecule has 0 atom stereocenters. The minimum absolute atomic E-state index is 0.0196. The third kappa shape index (κ3) is 3.20. The van der Waals surface area contributed by atoms with Crippen molar-refractivity contribution in [1.29, 1.82) is 0 Å². The average molecular weight is 256 g/mol. The molecule has 0 aliphatic rings. The molecule has 5 heteroatoms. The van der Waals surface area contributed by atoms with Crippen LogP contribution in [0.5, 0.6) is 0 Å². The first-order valence-corrected chi connectivity index (χ1v) is 7.31. The number of nitrogens with two attached hydrogens (primary N) is 1. The van der Waals surface area contributed by atoms with Gasteiger partial charge in [-0.1, -0.05) is 12.1 Å². The lowest BCUT2D eigenvalue weighted by Gasteiger charge is -2.24. The Morgan fingerprint density at radius 2 is 1.94 bits per heavy atom. The van der Waals surface area contributed by atoms with Gasteiger partial charge in [-0.25, -0.2) is 8.42 Å². The minimum Gasteiger partial charge on any atom is -0.329 e. The zero-order valence-electron chi connectivity index (χ0n) is 10.6. The van der Waals surface area contributed by atoms with Crippen molar-refractivity contribution in [2.45, 2.75) is 20.8 Å². The van der Waals surface area contributed by atoms with E-state index in [0.29, 0.717) is 6.54 Å². The second-order valence-corrected chi connectivity index (χ2v) is 6.07. The van der Waals surface area contributed by atoms with E-state index in [4.69, 9.17) is 5.73 Å². The molecular formula is C12H20N2O2S. The molecule has 0 unspecified atom stereocenters. The number of anilines is 1. The van der Waals surface area contributed by atoms with Gasteiger partial charge in [0.15, 0.2) is 0 Å². The van der Waals surface area contributed by atoms with Crippen LogP contribution in [0.25, 0.3) is 0 Å². The Hall–Kier alpha value is -1.07. The fraction of sp³-hybridized carbons (Fsp3) is 0.500. The first-order chi connectivity index (χ1) is 7.92. The molecule has 0 aliphatic carbocycles. The summed E-state index contributed by atoms with van der Waals surface area (Å²) in [4.78, 5) is 0. The van der Waals surface area contributed by atoms with E-state index in [1.165, 1.54) is 4.31 Å². The van der Waals surface area contributed by atoms with Crippen molar-refractivity contribution in [3.05, 3.63) is 29.3 Å². The highest BCUT2D eigenvalue weighted by molar-refractivity contribution is 7.92. The van der Waals surface area contributed by atoms with Crippen molar-refractivity contribution >= 4 is 15.7 Å². The molecule has 0 spiro atoms. The van der Waals surface area contributed by atoms with Gasteiger partial charge in [-0.05, 0) is 38.0 Å². The fourth-order valence-corrected chi connectivity index (χ4v) is 3.17. The lowest BCUT2D eigenvalue weighted by atomic mass is 10.1. The summed E-state index contributed by atoms with van der Waals surface area (Å²) in [6.45, 7) is 6.26. The van der Waals surface area contributed by atoms with Gasteiger partial charge in [0.05, 0.1) is 11.4 Å². The summed E-state index contributed by atoms with van der Waals surface area (Å²) in [6, 6.07) is 5.81. The van der Waals surface area contributed by atoms with Gasteiger partial charge in [0.2, 0.25) is 10.0 Å². The zero-order chi connectivity index (χ0) is 13.1. The van der Waals surface area contributed by atoms with E-state index in [1.54, 1.807) is 0 Å². The molecule has 0 bridgehead atoms. The molecule has 0 aromatic heterocycles. The molecule has 1 aromatic rings. The number of sulfonamides is 1. The first kappa shape index (κ1) is 14.0. The molecule has 2 N–H and O–H groups in total. The summed E-state index contributed by atoms with van der Waals surface area (Å²) in [6.07, 6.45) is 0. The van der Waals surface area contributed by atoms with E-state index in [9.17, 15) is 8.42 Å². The molecule has 0 aliphatic heterocycles. The number of rotatable bonds is 5. The molecule has 0 amide bonds. The quantitative estimate of drug-likeness (QED) is 0.866. The fourth-order valence-electron chi connectivity index (χ4n) is 1.76. The van der Waals surface area contributed by atoms with Crippen LogP contribution >= 0.6 is 0 Å². The predicted molar refractivity (Wildman–Crippen MR) is 71.8 cm³/mol. The van der Waals surface area contributed by atoms with Gasteiger partial charge < -0.3 is 5.73 Å². The SMILES string of the molecule is CCN(c1cc(C)ccc1C)S(=O)(=O)CCN. The summed E-state index contributed by atoms with van der Waals surface area (Å²) in [7, 11) is -3.31. The van der Waals surface area contributed by atoms with Gasteiger partial charge >= 0.3 is 0 Å². The third-order valence-electron chi connectivity index (χ3n) is 2.63. The van der Waals surface area contributed by atoms with Crippen molar-refractivity contribution in [3.63, 3.8) is 0 Å². The highest BCUT2D eigenvalue weighted by atomic mass is 32.2. The largest absolute Gasteiger partial charge is 0.329 e. The van der Waals surface area contributed by atoms with E-state index >= 15 is 0 Å². The van der Waals surface area contributed by atoms with Crippen molar-refractivity contribution in [2.24, 2.45) is 5.73 Å². The Morgan fingerprint density at radius 3 is 2.47 bits per heavy atom. The summed E-state index contributed by atoms with van der Waals surface area (Å²) in [5.41, 5.74) is 8.10. The van der Waals surface area contributed by atoms with Crippen LogP contribution in [-0.4, -0.2) is 27.3 Å². The van der Waals surface area contributed by atoms with E-state index < -0.39 is 10.0 Å². The van der Waals surface area contributed by atoms with Gasteiger partial charge in [-0.2, -0.15) is 0 Å². The van der Waals surface area contributed by atoms with E-state index in [1.807, 2.05) is 39.0 Å². The molecule has 0 saturated carbocycles. The number of aryl methyl sites for hydroxylation is 2. The van der Waals surface area contributed by atoms with Gasteiger partial charge in [0.25, 0.3) is 0 Å². The van der Waals surface area contributed by atoms with Crippen molar-refractivity contribution < 1.29 is 8.42 Å². The highest BCUT2D eigenvalue weighted by Gasteiger charge is 2.21. The summed E-state index contributed by atoms with van der Waals surface area (Å²) >= 11 is 0. The standard InChI is InChI=1S/C12H20N2O2S/c1-4-14(17(15,16)8-7-13)12-9-10(2)5-6-11(12)3/h5-6,9H,4,7-8,13H2,1-3H3. The van der Waals surface area contributed by atoms with Gasteiger partial charge in [0, 0.05) is 13.1 Å². The molecule has 1 rings (SSSR count). The molecule has 4 nitrogen and oxygen atoms in total. The van der Waals surface area contributed by atoms with Crippen LogP contribution in [0.1, 0.15) is 18.1 Å². The van der Waals surface area contributed by atoms with Gasteiger partial charge in [0.1, 0.15) is 0 Å². The van der Waals surface area contributed by atoms with Crippen molar-refractivity contribution in [1.82, 2.24) is 0 Å². The van der Waals surface area contributed by atoms with Crippen molar-refractivity contribution in [3.8, 4) is 0 Å². The Labute approximate surface area is 103 Å². The van der Waals surface area contributed by atoms with E-state index in [-0.39, 0.29) is 12.3 Å². The van der Waals surface area contributed by atoms with Crippen LogP contribution in [0.3, 0.4) is 0 Å². The van der Waals surface area contributed by atoms with Crippen LogP contribution in [0.2, 0.25) is 0 Å². The van der Waals surface area contributed by atoms with Crippen LogP contribution < -0.4 is 10.0 Å². The Balaban J connectivity index is 3.23. The molecule has 0 radical (unpaired) electrons. The monoisotopic (exact) mass is 256 g/mol. The Bertz CT molecular complexity index is 483. The van der Waals surface area contributed by atoms with Crippen LogP contribution in [0.15, 0.2) is 18.2 Å². The predicted octanol–water partition coefficient (Wildman–Crippen LogP) is 1.42. The van der Waals surface area contributed by atoms with Gasteiger partial charge in [-0.15, -0.1) is 0 Å². The maximum absolute atomic E-state index is 12.1. The number of benzene rings is 1. The molecular weight excluding hydrogens is 236 g/mol. The Kier molecular flexibility index (Phi) is 4.54. The van der Waals surface area contributed by atoms with Crippen molar-refractivity contribution in [2.75, 3.05) is 23.1 Å². The first-order valence-electron chi connectivity index (χ1n) is 5.70. The maximum Gasteiger partial charge on any atom is 0.236 e. The van der Waals surface area contributed by atoms with E-state index in [2.05, 4.69) is 0 Å². The summed E-state index contributed by atoms with van der Waals surface area (Å²) in [5.74, 6) is -0.0196. The molecule has 0 heterocycles. The highest BCUT2D eigenvalue weighted by Crippen LogP contribution is 2.24. The molecule has 17 heavy (non-hydrogen) atoms. The topological polar surface area (TPSA) is 63.4 Å². The second kappa shape index (κ2) is 5.51. The third-order valence-corrected chi connectivity index (χ3v) is 4.51.